The van der Waals surface area contributed by atoms with Crippen molar-refractivity contribution in [3.8, 4) is 0 Å². The molecule has 33 heavy (non-hydrogen) atoms. The molecule has 0 aromatic carbocycles. The fraction of sp³-hybridized carbons (Fsp3) is 0.500. The second kappa shape index (κ2) is 21.4. The number of aliphatic hydroxyl groups is 6. The van der Waals surface area contributed by atoms with Crippen LogP contribution in [0.3, 0.4) is 0 Å². The third kappa shape index (κ3) is 20.0. The zero-order valence-electron chi connectivity index (χ0n) is 15.3. The number of aliphatic hydroxyl groups excluding tert-OH is 6. The Labute approximate surface area is 202 Å². The Morgan fingerprint density at radius 1 is 0.364 bits per heavy atom. The molecular weight excluding hydrogens is 560 g/mol. The molecule has 0 aromatic rings. The Morgan fingerprint density at radius 3 is 0.455 bits per heavy atom. The van der Waals surface area contributed by atoms with Gasteiger partial charge in [0, 0.05) is 0 Å². The predicted octanol–water partition coefficient (Wildman–Crippen LogP) is -15.2. The van der Waals surface area contributed by atoms with Gasteiger partial charge in [0.25, 0.3) is 0 Å². The average molecular weight is 574 g/mol. The fourth-order valence-electron chi connectivity index (χ4n) is 0.773. The number of hydrogen-bond acceptors (Lipinski definition) is 18. The molecule has 6 atom stereocenters. The van der Waals surface area contributed by atoms with Gasteiger partial charge >= 0.3 is 34.1 Å². The van der Waals surface area contributed by atoms with Crippen LogP contribution in [0.25, 0.3) is 0 Å². The summed E-state index contributed by atoms with van der Waals surface area (Å²) in [5, 5.41) is 107. The van der Waals surface area contributed by atoms with Gasteiger partial charge < -0.3 is 95.5 Å². The summed E-state index contributed by atoms with van der Waals surface area (Å²) >= 11 is 0. The first-order chi connectivity index (χ1) is 13.4. The Hall–Kier alpha value is -2.42. The minimum absolute atomic E-state index is 0. The Balaban J connectivity index is -0.0000000792. The molecule has 192 valence electrons. The molecule has 21 heteroatoms. The summed E-state index contributed by atoms with van der Waals surface area (Å²) < 4.78 is 0. The molecule has 0 aliphatic rings. The second-order valence-electron chi connectivity index (χ2n) is 4.58. The van der Waals surface area contributed by atoms with Crippen LogP contribution in [0.5, 0.6) is 0 Å². The summed E-state index contributed by atoms with van der Waals surface area (Å²) in [5.74, 6) is -12.4. The first-order valence-corrected chi connectivity index (χ1v) is 6.73. The monoisotopic (exact) mass is 574 g/mol. The minimum atomic E-state index is -2.44. The van der Waals surface area contributed by atoms with E-state index in [2.05, 4.69) is 0 Å². The summed E-state index contributed by atoms with van der Waals surface area (Å²) in [5.41, 5.74) is 0. The standard InChI is InChI=1S/3C4H6O6.2Fe.H2O/c3*5-1(3(7)8)2(6)4(9)10;;;/h3*1-2,5-6H,(H,7,8)(H,9,10);;;1H2/q;;;2*+3;/p-6. The second-order valence-corrected chi connectivity index (χ2v) is 4.58. The molecule has 0 aromatic heterocycles. The van der Waals surface area contributed by atoms with Crippen LogP contribution in [0.4, 0.5) is 0 Å². The van der Waals surface area contributed by atoms with E-state index in [0.29, 0.717) is 0 Å². The number of rotatable bonds is 9. The molecule has 0 aliphatic carbocycles. The Kier molecular flexibility index (Phi) is 28.8. The van der Waals surface area contributed by atoms with Crippen LogP contribution in [0.2, 0.25) is 0 Å². The molecule has 0 spiro atoms. The average Bonchev–Trinajstić information content (AvgIpc) is 2.64. The van der Waals surface area contributed by atoms with Crippen LogP contribution in [0, 0.1) is 0 Å². The molecule has 6 unspecified atom stereocenters. The molecule has 0 heterocycles. The van der Waals surface area contributed by atoms with E-state index in [1.54, 1.807) is 0 Å². The summed E-state index contributed by atoms with van der Waals surface area (Å²) in [6.45, 7) is 0. The minimum Gasteiger partial charge on any atom is -0.547 e. The van der Waals surface area contributed by atoms with Gasteiger partial charge in [-0.2, -0.15) is 0 Å². The Bertz CT molecular complexity index is 499. The first-order valence-electron chi connectivity index (χ1n) is 6.73. The molecular formula is C12H14Fe2O19. The molecule has 0 aliphatic heterocycles. The van der Waals surface area contributed by atoms with Gasteiger partial charge in [0.05, 0.1) is 35.8 Å². The van der Waals surface area contributed by atoms with E-state index in [9.17, 15) is 59.4 Å². The van der Waals surface area contributed by atoms with Gasteiger partial charge in [-0.1, -0.05) is 0 Å². The normalized spacial score (nSPS) is 14.4. The van der Waals surface area contributed by atoms with Crippen LogP contribution in [-0.4, -0.2) is 109 Å². The van der Waals surface area contributed by atoms with Crippen molar-refractivity contribution in [1.29, 1.82) is 0 Å². The molecule has 0 fully saturated rings. The van der Waals surface area contributed by atoms with E-state index >= 15 is 0 Å². The topological polar surface area (TPSA) is 394 Å². The van der Waals surface area contributed by atoms with Gasteiger partial charge in [-0.15, -0.1) is 0 Å². The summed E-state index contributed by atoms with van der Waals surface area (Å²) in [6, 6.07) is 0. The van der Waals surface area contributed by atoms with Crippen molar-refractivity contribution in [3.63, 3.8) is 0 Å². The molecule has 0 saturated heterocycles. The smallest absolute Gasteiger partial charge is 0.547 e. The quantitative estimate of drug-likeness (QED) is 0.139. The molecule has 8 N–H and O–H groups in total. The molecule has 2 radical (unpaired) electrons. The van der Waals surface area contributed by atoms with Crippen LogP contribution in [0.15, 0.2) is 0 Å². The van der Waals surface area contributed by atoms with E-state index < -0.39 is 72.4 Å². The van der Waals surface area contributed by atoms with Gasteiger partial charge in [0.1, 0.15) is 36.6 Å². The SMILES string of the molecule is O.O=C([O-])C(O)C(O)C(=O)[O-].O=C([O-])C(O)C(O)C(=O)[O-].O=C([O-])C(O)C(O)C(=O)[O-].[Fe+3].[Fe+3]. The van der Waals surface area contributed by atoms with Crippen LogP contribution in [0.1, 0.15) is 0 Å². The number of carboxylic acid groups (broad SMARTS) is 6. The number of carboxylic acids is 6. The van der Waals surface area contributed by atoms with E-state index in [-0.39, 0.29) is 39.6 Å². The molecule has 0 saturated carbocycles. The van der Waals surface area contributed by atoms with E-state index in [1.165, 1.54) is 0 Å². The molecule has 0 bridgehead atoms. The predicted molar refractivity (Wildman–Crippen MR) is 69.7 cm³/mol. The molecule has 19 nitrogen and oxygen atoms in total. The number of hydrogen-bond donors (Lipinski definition) is 6. The van der Waals surface area contributed by atoms with Crippen molar-refractivity contribution in [1.82, 2.24) is 0 Å². The van der Waals surface area contributed by atoms with Crippen molar-refractivity contribution in [2.75, 3.05) is 0 Å². The number of aliphatic carboxylic acids is 6. The van der Waals surface area contributed by atoms with Crippen LogP contribution >= 0.6 is 0 Å². The zero-order chi connectivity index (χ0) is 24.9. The summed E-state index contributed by atoms with van der Waals surface area (Å²) in [4.78, 5) is 57.8. The largest absolute Gasteiger partial charge is 3.00 e. The van der Waals surface area contributed by atoms with Gasteiger partial charge in [0.15, 0.2) is 0 Å². The maximum absolute atomic E-state index is 9.63. The van der Waals surface area contributed by atoms with Crippen molar-refractivity contribution in [2.45, 2.75) is 36.6 Å². The van der Waals surface area contributed by atoms with Crippen molar-refractivity contribution >= 4 is 35.8 Å². The fourth-order valence-corrected chi connectivity index (χ4v) is 0.773. The van der Waals surface area contributed by atoms with E-state index in [4.69, 9.17) is 30.6 Å². The maximum Gasteiger partial charge on any atom is 3.00 e. The molecule has 0 amide bonds. The van der Waals surface area contributed by atoms with Crippen LogP contribution < -0.4 is 30.6 Å². The summed E-state index contributed by atoms with van der Waals surface area (Å²) in [7, 11) is 0. The van der Waals surface area contributed by atoms with Crippen molar-refractivity contribution in [2.24, 2.45) is 0 Å². The maximum atomic E-state index is 9.63. The molecule has 0 rings (SSSR count). The van der Waals surface area contributed by atoms with E-state index in [0.717, 1.165) is 0 Å². The van der Waals surface area contributed by atoms with Gasteiger partial charge in [0.2, 0.25) is 0 Å². The summed E-state index contributed by atoms with van der Waals surface area (Å²) in [6.07, 6.45) is -14.6. The van der Waals surface area contributed by atoms with Crippen LogP contribution in [-0.2, 0) is 62.9 Å². The van der Waals surface area contributed by atoms with E-state index in [1.807, 2.05) is 0 Å². The van der Waals surface area contributed by atoms with Gasteiger partial charge in [-0.05, 0) is 0 Å². The van der Waals surface area contributed by atoms with Gasteiger partial charge in [-0.25, -0.2) is 0 Å². The van der Waals surface area contributed by atoms with Crippen molar-refractivity contribution in [3.05, 3.63) is 0 Å². The third-order valence-corrected chi connectivity index (χ3v) is 2.35. The van der Waals surface area contributed by atoms with Crippen molar-refractivity contribution < 1.29 is 130 Å². The Morgan fingerprint density at radius 2 is 0.424 bits per heavy atom. The number of carbonyl (C=O) groups excluding carboxylic acids is 6. The van der Waals surface area contributed by atoms with Gasteiger partial charge in [-0.3, -0.25) is 0 Å². The zero-order valence-corrected chi connectivity index (χ0v) is 17.5. The first kappa shape index (κ1) is 44.3. The number of carbonyl (C=O) groups is 6. The third-order valence-electron chi connectivity index (χ3n) is 2.35.